The number of carbonyl (C=O) groups is 2. The van der Waals surface area contributed by atoms with Crippen molar-refractivity contribution in [3.05, 3.63) is 36.5 Å². The van der Waals surface area contributed by atoms with E-state index in [1.54, 1.807) is 6.08 Å². The topological polar surface area (TPSA) is 34.1 Å². The van der Waals surface area contributed by atoms with Crippen LogP contribution >= 0.6 is 0 Å². The molecule has 0 aromatic rings. The van der Waals surface area contributed by atoms with E-state index in [4.69, 9.17) is 0 Å². The van der Waals surface area contributed by atoms with Crippen LogP contribution in [0.1, 0.15) is 59.8 Å². The smallest absolute Gasteiger partial charge is 0.228 e. The van der Waals surface area contributed by atoms with E-state index in [2.05, 4.69) is 6.58 Å². The summed E-state index contributed by atoms with van der Waals surface area (Å²) in [6.45, 7) is 11.7. The monoisotopic (exact) mass is 290 g/mol. The molecule has 1 fully saturated rings. The zero-order valence-corrected chi connectivity index (χ0v) is 14.0. The maximum absolute atomic E-state index is 12.1. The highest BCUT2D eigenvalue weighted by molar-refractivity contribution is 6.44. The first kappa shape index (κ1) is 19.6. The third-order valence-electron chi connectivity index (χ3n) is 3.59. The van der Waals surface area contributed by atoms with Gasteiger partial charge in [0.05, 0.1) is 0 Å². The molecule has 21 heavy (non-hydrogen) atoms. The summed E-state index contributed by atoms with van der Waals surface area (Å²) < 4.78 is 0. The van der Waals surface area contributed by atoms with Gasteiger partial charge in [0.15, 0.2) is 0 Å². The van der Waals surface area contributed by atoms with Crippen LogP contribution in [0.3, 0.4) is 0 Å². The number of Topliss-reactive ketones (excluding diaryl/α,β-unsaturated/α-hetero) is 2. The molecule has 0 spiro atoms. The summed E-state index contributed by atoms with van der Waals surface area (Å²) >= 11 is 0. The van der Waals surface area contributed by atoms with Crippen LogP contribution in [0.15, 0.2) is 36.5 Å². The molecule has 0 aliphatic heterocycles. The van der Waals surface area contributed by atoms with Crippen molar-refractivity contribution in [2.75, 3.05) is 0 Å². The Bertz CT molecular complexity index is 396. The summed E-state index contributed by atoms with van der Waals surface area (Å²) in [5.74, 6) is -0.470. The lowest BCUT2D eigenvalue weighted by Gasteiger charge is -2.19. The average Bonchev–Trinajstić information content (AvgIpc) is 2.54. The minimum atomic E-state index is -0.407. The number of rotatable bonds is 6. The molecule has 1 aliphatic carbocycles. The predicted molar refractivity (Wildman–Crippen MR) is 90.2 cm³/mol. The van der Waals surface area contributed by atoms with Gasteiger partial charge in [-0.3, -0.25) is 9.59 Å². The van der Waals surface area contributed by atoms with Crippen LogP contribution in [0.2, 0.25) is 0 Å². The van der Waals surface area contributed by atoms with Crippen molar-refractivity contribution >= 4 is 11.6 Å². The van der Waals surface area contributed by atoms with E-state index in [1.165, 1.54) is 6.42 Å². The van der Waals surface area contributed by atoms with E-state index in [1.807, 2.05) is 45.9 Å². The van der Waals surface area contributed by atoms with Crippen molar-refractivity contribution in [2.45, 2.75) is 59.8 Å². The van der Waals surface area contributed by atoms with Gasteiger partial charge in [-0.2, -0.15) is 0 Å². The first-order valence-electron chi connectivity index (χ1n) is 8.14. The zero-order valence-electron chi connectivity index (χ0n) is 14.0. The van der Waals surface area contributed by atoms with Crippen LogP contribution in [0.25, 0.3) is 0 Å². The first-order chi connectivity index (χ1) is 10.1. The van der Waals surface area contributed by atoms with E-state index >= 15 is 0 Å². The second-order valence-electron chi connectivity index (χ2n) is 5.30. The summed E-state index contributed by atoms with van der Waals surface area (Å²) in [7, 11) is 0. The molecular formula is C19H30O2. The molecule has 0 N–H and O–H groups in total. The molecule has 0 bridgehead atoms. The second-order valence-corrected chi connectivity index (χ2v) is 5.30. The standard InChI is InChI=1S/C17H24O2.C2H6/c1-4-8-13(2)11-12-14(3)16(18)17(19)15-9-6-5-7-10-15;1-2/h4,8,11-13,15H,3,5-7,9-10H2,1-2H3;1-2H3/b8-4-,12-11-;. The van der Waals surface area contributed by atoms with Gasteiger partial charge in [0.25, 0.3) is 0 Å². The van der Waals surface area contributed by atoms with E-state index in [9.17, 15) is 9.59 Å². The number of hydrogen-bond donors (Lipinski definition) is 0. The summed E-state index contributed by atoms with van der Waals surface area (Å²) in [5, 5.41) is 0. The Morgan fingerprint density at radius 2 is 1.67 bits per heavy atom. The van der Waals surface area contributed by atoms with Crippen molar-refractivity contribution in [1.29, 1.82) is 0 Å². The average molecular weight is 290 g/mol. The highest BCUT2D eigenvalue weighted by Gasteiger charge is 2.27. The minimum Gasteiger partial charge on any atom is -0.290 e. The van der Waals surface area contributed by atoms with Gasteiger partial charge in [-0.15, -0.1) is 0 Å². The Morgan fingerprint density at radius 3 is 2.19 bits per heavy atom. The molecule has 1 saturated carbocycles. The van der Waals surface area contributed by atoms with E-state index in [0.717, 1.165) is 25.7 Å². The van der Waals surface area contributed by atoms with Crippen molar-refractivity contribution < 1.29 is 9.59 Å². The van der Waals surface area contributed by atoms with Crippen LogP contribution in [0, 0.1) is 11.8 Å². The van der Waals surface area contributed by atoms with Gasteiger partial charge < -0.3 is 0 Å². The lowest BCUT2D eigenvalue weighted by molar-refractivity contribution is -0.137. The molecular weight excluding hydrogens is 260 g/mol. The molecule has 0 amide bonds. The highest BCUT2D eigenvalue weighted by atomic mass is 16.2. The summed E-state index contributed by atoms with van der Waals surface area (Å²) in [6, 6.07) is 0. The molecule has 1 unspecified atom stereocenters. The molecule has 2 nitrogen and oxygen atoms in total. The SMILES string of the molecule is C=C(/C=C\C(C)/C=C\C)C(=O)C(=O)C1CCCCC1.CC. The first-order valence-corrected chi connectivity index (χ1v) is 8.14. The third kappa shape index (κ3) is 7.22. The zero-order chi connectivity index (χ0) is 16.3. The van der Waals surface area contributed by atoms with Crippen LogP contribution in [0.4, 0.5) is 0 Å². The van der Waals surface area contributed by atoms with Gasteiger partial charge in [0.2, 0.25) is 11.6 Å². The Kier molecular flexibility index (Phi) is 10.5. The summed E-state index contributed by atoms with van der Waals surface area (Å²) in [4.78, 5) is 24.0. The quantitative estimate of drug-likeness (QED) is 0.297. The summed E-state index contributed by atoms with van der Waals surface area (Å²) in [5.41, 5.74) is 0.312. The molecule has 1 atom stereocenters. The molecule has 1 rings (SSSR count). The highest BCUT2D eigenvalue weighted by Crippen LogP contribution is 2.25. The summed E-state index contributed by atoms with van der Waals surface area (Å²) in [6.07, 6.45) is 12.6. The van der Waals surface area contributed by atoms with Gasteiger partial charge in [-0.1, -0.05) is 70.9 Å². The lowest BCUT2D eigenvalue weighted by atomic mass is 9.84. The molecule has 118 valence electrons. The van der Waals surface area contributed by atoms with E-state index < -0.39 is 5.78 Å². The maximum atomic E-state index is 12.1. The molecule has 0 radical (unpaired) electrons. The van der Waals surface area contributed by atoms with Crippen LogP contribution < -0.4 is 0 Å². The lowest BCUT2D eigenvalue weighted by Crippen LogP contribution is -2.26. The number of allylic oxidation sites excluding steroid dienone is 5. The third-order valence-corrected chi connectivity index (χ3v) is 3.59. The normalized spacial score (nSPS) is 17.3. The molecule has 0 aromatic heterocycles. The van der Waals surface area contributed by atoms with Gasteiger partial charge >= 0.3 is 0 Å². The number of carbonyl (C=O) groups excluding carboxylic acids is 2. The van der Waals surface area contributed by atoms with Crippen LogP contribution in [-0.2, 0) is 9.59 Å². The molecule has 1 aliphatic rings. The van der Waals surface area contributed by atoms with Crippen LogP contribution in [-0.4, -0.2) is 11.6 Å². The van der Waals surface area contributed by atoms with Crippen LogP contribution in [0.5, 0.6) is 0 Å². The molecule has 0 heterocycles. The van der Waals surface area contributed by atoms with Gasteiger partial charge in [0, 0.05) is 11.5 Å². The fraction of sp³-hybridized carbons (Fsp3) is 0.579. The second kappa shape index (κ2) is 11.2. The van der Waals surface area contributed by atoms with Crippen molar-refractivity contribution in [3.8, 4) is 0 Å². The largest absolute Gasteiger partial charge is 0.290 e. The predicted octanol–water partition coefficient (Wildman–Crippen LogP) is 5.06. The van der Waals surface area contributed by atoms with Gasteiger partial charge in [-0.25, -0.2) is 0 Å². The molecule has 2 heteroatoms. The Labute approximate surface area is 130 Å². The number of hydrogen-bond acceptors (Lipinski definition) is 2. The number of ketones is 2. The Hall–Kier alpha value is -1.44. The fourth-order valence-corrected chi connectivity index (χ4v) is 2.42. The van der Waals surface area contributed by atoms with Gasteiger partial charge in [-0.05, 0) is 25.7 Å². The maximum Gasteiger partial charge on any atom is 0.228 e. The van der Waals surface area contributed by atoms with E-state index in [0.29, 0.717) is 5.57 Å². The van der Waals surface area contributed by atoms with E-state index in [-0.39, 0.29) is 17.6 Å². The fourth-order valence-electron chi connectivity index (χ4n) is 2.42. The van der Waals surface area contributed by atoms with Crippen molar-refractivity contribution in [1.82, 2.24) is 0 Å². The Balaban J connectivity index is 0.00000191. The molecule has 0 aromatic carbocycles. The van der Waals surface area contributed by atoms with Crippen molar-refractivity contribution in [3.63, 3.8) is 0 Å². The molecule has 0 saturated heterocycles. The Morgan fingerprint density at radius 1 is 1.10 bits per heavy atom. The minimum absolute atomic E-state index is 0.0700. The van der Waals surface area contributed by atoms with Gasteiger partial charge in [0.1, 0.15) is 0 Å². The van der Waals surface area contributed by atoms with Crippen molar-refractivity contribution in [2.24, 2.45) is 11.8 Å².